The van der Waals surface area contributed by atoms with Crippen LogP contribution in [0.1, 0.15) is 33.6 Å². The van der Waals surface area contributed by atoms with E-state index in [4.69, 9.17) is 5.26 Å². The minimum Gasteiger partial charge on any atom is -0.389 e. The van der Waals surface area contributed by atoms with E-state index < -0.39 is 6.10 Å². The molecule has 1 N–H and O–H groups in total. The average molecular weight is 165 g/mol. The average Bonchev–Trinajstić information content (AvgIpc) is 1.99. The van der Waals surface area contributed by atoms with Crippen LogP contribution in [-0.2, 0) is 0 Å². The van der Waals surface area contributed by atoms with Gasteiger partial charge in [-0.25, -0.2) is 0 Å². The number of aliphatic hydroxyl groups is 1. The molecular weight excluding hydrogens is 150 g/mol. The standard InChI is InChI=1S/C10H15NO/c1-7-8(6-11)10(2,3)5-4-9(7)12/h9,12H,4-5H2,1-3H3. The van der Waals surface area contributed by atoms with E-state index in [2.05, 4.69) is 19.9 Å². The lowest BCUT2D eigenvalue weighted by molar-refractivity contribution is 0.163. The molecule has 0 aromatic heterocycles. The van der Waals surface area contributed by atoms with E-state index >= 15 is 0 Å². The number of allylic oxidation sites excluding steroid dienone is 1. The van der Waals surface area contributed by atoms with Crippen molar-refractivity contribution >= 4 is 0 Å². The monoisotopic (exact) mass is 165 g/mol. The molecule has 1 rings (SSSR count). The summed E-state index contributed by atoms with van der Waals surface area (Å²) in [5, 5.41) is 18.4. The Morgan fingerprint density at radius 1 is 1.58 bits per heavy atom. The Morgan fingerprint density at radius 2 is 2.17 bits per heavy atom. The lowest BCUT2D eigenvalue weighted by Gasteiger charge is -2.32. The lowest BCUT2D eigenvalue weighted by Crippen LogP contribution is -2.27. The third-order valence-corrected chi connectivity index (χ3v) is 2.73. The summed E-state index contributed by atoms with van der Waals surface area (Å²) in [6.45, 7) is 5.96. The Bertz CT molecular complexity index is 258. The van der Waals surface area contributed by atoms with Crippen LogP contribution in [0.2, 0.25) is 0 Å². The summed E-state index contributed by atoms with van der Waals surface area (Å²) in [6.07, 6.45) is 1.28. The first-order valence-electron chi connectivity index (χ1n) is 4.28. The van der Waals surface area contributed by atoms with E-state index in [9.17, 15) is 5.11 Å². The summed E-state index contributed by atoms with van der Waals surface area (Å²) in [6, 6.07) is 2.19. The number of rotatable bonds is 0. The van der Waals surface area contributed by atoms with Gasteiger partial charge < -0.3 is 5.11 Å². The van der Waals surface area contributed by atoms with Crippen molar-refractivity contribution in [3.8, 4) is 6.07 Å². The van der Waals surface area contributed by atoms with Crippen LogP contribution >= 0.6 is 0 Å². The molecule has 0 amide bonds. The Kier molecular flexibility index (Phi) is 2.25. The van der Waals surface area contributed by atoms with Gasteiger partial charge in [-0.3, -0.25) is 0 Å². The molecule has 1 atom stereocenters. The second-order valence-electron chi connectivity index (χ2n) is 4.11. The molecule has 2 heteroatoms. The summed E-state index contributed by atoms with van der Waals surface area (Å²) in [5.74, 6) is 0. The van der Waals surface area contributed by atoms with Crippen molar-refractivity contribution in [3.63, 3.8) is 0 Å². The van der Waals surface area contributed by atoms with Crippen molar-refractivity contribution in [2.45, 2.75) is 39.7 Å². The van der Waals surface area contributed by atoms with Crippen LogP contribution in [0, 0.1) is 16.7 Å². The Balaban J connectivity index is 3.12. The molecule has 0 aromatic carbocycles. The van der Waals surface area contributed by atoms with Gasteiger partial charge in [0.25, 0.3) is 0 Å². The Morgan fingerprint density at radius 3 is 2.58 bits per heavy atom. The van der Waals surface area contributed by atoms with Gasteiger partial charge in [0.2, 0.25) is 0 Å². The van der Waals surface area contributed by atoms with Crippen LogP contribution in [-0.4, -0.2) is 11.2 Å². The fourth-order valence-corrected chi connectivity index (χ4v) is 1.78. The van der Waals surface area contributed by atoms with Crippen LogP contribution in [0.15, 0.2) is 11.1 Å². The highest BCUT2D eigenvalue weighted by Gasteiger charge is 2.32. The number of aliphatic hydroxyl groups excluding tert-OH is 1. The molecule has 0 saturated carbocycles. The third kappa shape index (κ3) is 1.37. The normalized spacial score (nSPS) is 28.4. The van der Waals surface area contributed by atoms with Crippen molar-refractivity contribution < 1.29 is 5.11 Å². The summed E-state index contributed by atoms with van der Waals surface area (Å²) in [7, 11) is 0. The molecule has 0 aliphatic heterocycles. The van der Waals surface area contributed by atoms with Gasteiger partial charge >= 0.3 is 0 Å². The summed E-state index contributed by atoms with van der Waals surface area (Å²) >= 11 is 0. The van der Waals surface area contributed by atoms with E-state index in [0.717, 1.165) is 24.0 Å². The maximum atomic E-state index is 9.50. The fourth-order valence-electron chi connectivity index (χ4n) is 1.78. The molecule has 1 unspecified atom stereocenters. The van der Waals surface area contributed by atoms with Crippen LogP contribution in [0.25, 0.3) is 0 Å². The lowest BCUT2D eigenvalue weighted by atomic mass is 9.72. The largest absolute Gasteiger partial charge is 0.389 e. The van der Waals surface area contributed by atoms with Crippen LogP contribution < -0.4 is 0 Å². The molecule has 2 nitrogen and oxygen atoms in total. The zero-order valence-electron chi connectivity index (χ0n) is 7.89. The summed E-state index contributed by atoms with van der Waals surface area (Å²) in [4.78, 5) is 0. The third-order valence-electron chi connectivity index (χ3n) is 2.73. The van der Waals surface area contributed by atoms with Gasteiger partial charge in [0, 0.05) is 5.57 Å². The molecule has 0 spiro atoms. The molecule has 0 bridgehead atoms. The van der Waals surface area contributed by atoms with Crippen LogP contribution in [0.3, 0.4) is 0 Å². The quantitative estimate of drug-likeness (QED) is 0.596. The molecule has 0 saturated heterocycles. The molecule has 0 heterocycles. The number of nitriles is 1. The van der Waals surface area contributed by atoms with Crippen molar-refractivity contribution in [3.05, 3.63) is 11.1 Å². The van der Waals surface area contributed by atoms with Crippen molar-refractivity contribution in [1.82, 2.24) is 0 Å². The molecule has 0 aromatic rings. The van der Waals surface area contributed by atoms with E-state index in [1.54, 1.807) is 0 Å². The molecular formula is C10H15NO. The van der Waals surface area contributed by atoms with Gasteiger partial charge in [0.1, 0.15) is 0 Å². The van der Waals surface area contributed by atoms with E-state index in [0.29, 0.717) is 0 Å². The van der Waals surface area contributed by atoms with Gasteiger partial charge in [-0.15, -0.1) is 0 Å². The van der Waals surface area contributed by atoms with Gasteiger partial charge in [-0.05, 0) is 30.8 Å². The highest BCUT2D eigenvalue weighted by Crippen LogP contribution is 2.39. The predicted molar refractivity (Wildman–Crippen MR) is 47.3 cm³/mol. The molecule has 1 aliphatic rings. The first kappa shape index (κ1) is 9.28. The minimum atomic E-state index is -0.396. The molecule has 66 valence electrons. The Labute approximate surface area is 73.5 Å². The van der Waals surface area contributed by atoms with Crippen molar-refractivity contribution in [2.75, 3.05) is 0 Å². The SMILES string of the molecule is CC1=C(C#N)C(C)(C)CCC1O. The molecule has 12 heavy (non-hydrogen) atoms. The first-order valence-corrected chi connectivity index (χ1v) is 4.28. The number of hydrogen-bond acceptors (Lipinski definition) is 2. The van der Waals surface area contributed by atoms with Gasteiger partial charge in [0.15, 0.2) is 0 Å². The van der Waals surface area contributed by atoms with E-state index in [-0.39, 0.29) is 5.41 Å². The predicted octanol–water partition coefficient (Wildman–Crippen LogP) is 2.01. The minimum absolute atomic E-state index is 0.0436. The zero-order chi connectivity index (χ0) is 9.35. The molecule has 0 fully saturated rings. The molecule has 0 radical (unpaired) electrons. The topological polar surface area (TPSA) is 44.0 Å². The Hall–Kier alpha value is -0.810. The molecule has 1 aliphatic carbocycles. The fraction of sp³-hybridized carbons (Fsp3) is 0.700. The smallest absolute Gasteiger partial charge is 0.0953 e. The van der Waals surface area contributed by atoms with E-state index in [1.165, 1.54) is 0 Å². The number of nitrogens with zero attached hydrogens (tertiary/aromatic N) is 1. The van der Waals surface area contributed by atoms with Gasteiger partial charge in [-0.1, -0.05) is 13.8 Å². The van der Waals surface area contributed by atoms with Crippen molar-refractivity contribution in [1.29, 1.82) is 5.26 Å². The second kappa shape index (κ2) is 2.91. The van der Waals surface area contributed by atoms with Crippen LogP contribution in [0.4, 0.5) is 0 Å². The highest BCUT2D eigenvalue weighted by atomic mass is 16.3. The second-order valence-corrected chi connectivity index (χ2v) is 4.11. The van der Waals surface area contributed by atoms with Crippen LogP contribution in [0.5, 0.6) is 0 Å². The summed E-state index contributed by atoms with van der Waals surface area (Å²) in [5.41, 5.74) is 1.58. The number of hydrogen-bond donors (Lipinski definition) is 1. The van der Waals surface area contributed by atoms with Gasteiger partial charge in [-0.2, -0.15) is 5.26 Å². The van der Waals surface area contributed by atoms with Gasteiger partial charge in [0.05, 0.1) is 12.2 Å². The summed E-state index contributed by atoms with van der Waals surface area (Å²) < 4.78 is 0. The van der Waals surface area contributed by atoms with E-state index in [1.807, 2.05) is 6.92 Å². The highest BCUT2D eigenvalue weighted by molar-refractivity contribution is 5.36. The zero-order valence-corrected chi connectivity index (χ0v) is 7.89. The maximum absolute atomic E-state index is 9.50. The first-order chi connectivity index (χ1) is 5.49. The van der Waals surface area contributed by atoms with Crippen molar-refractivity contribution in [2.24, 2.45) is 5.41 Å². The maximum Gasteiger partial charge on any atom is 0.0953 e.